The van der Waals surface area contributed by atoms with Gasteiger partial charge in [0.15, 0.2) is 0 Å². The smallest absolute Gasteiger partial charge is 0.0903 e. The Morgan fingerprint density at radius 1 is 0.600 bits per heavy atom. The lowest BCUT2D eigenvalue weighted by atomic mass is 10.0. The molecule has 3 heteroatoms. The summed E-state index contributed by atoms with van der Waals surface area (Å²) in [5.74, 6) is 0. The Kier molecular flexibility index (Phi) is 6.21. The van der Waals surface area contributed by atoms with E-state index in [1.54, 1.807) is 0 Å². The van der Waals surface area contributed by atoms with Gasteiger partial charge in [0.25, 0.3) is 0 Å². The van der Waals surface area contributed by atoms with Crippen LogP contribution in [-0.4, -0.2) is 19.8 Å². The van der Waals surface area contributed by atoms with Crippen molar-refractivity contribution in [2.45, 2.75) is 48.0 Å². The zero-order chi connectivity index (χ0) is 17.4. The van der Waals surface area contributed by atoms with Crippen LogP contribution in [0.4, 0.5) is 11.4 Å². The van der Waals surface area contributed by atoms with Crippen molar-refractivity contribution < 1.29 is 0 Å². The molecule has 25 heavy (non-hydrogen) atoms. The Morgan fingerprint density at radius 3 is 1.24 bits per heavy atom. The maximum Gasteiger partial charge on any atom is 0.0903 e. The third-order valence-corrected chi connectivity index (χ3v) is 5.10. The van der Waals surface area contributed by atoms with Crippen molar-refractivity contribution in [1.82, 2.24) is 0 Å². The van der Waals surface area contributed by atoms with Crippen LogP contribution < -0.4 is 9.80 Å². The molecular formula is C22H31BrN2. The lowest BCUT2D eigenvalue weighted by Crippen LogP contribution is -2.46. The van der Waals surface area contributed by atoms with Gasteiger partial charge in [0.05, 0.1) is 6.67 Å². The molecule has 0 radical (unpaired) electrons. The molecule has 0 spiro atoms. The molecule has 1 heterocycles. The minimum atomic E-state index is 0. The fourth-order valence-electron chi connectivity index (χ4n) is 4.51. The van der Waals surface area contributed by atoms with Crippen LogP contribution in [-0.2, 0) is 0 Å². The first-order valence-electron chi connectivity index (χ1n) is 9.02. The fourth-order valence-corrected chi connectivity index (χ4v) is 4.51. The number of aryl methyl sites for hydroxylation is 6. The van der Waals surface area contributed by atoms with Gasteiger partial charge in [-0.25, -0.2) is 0 Å². The summed E-state index contributed by atoms with van der Waals surface area (Å²) in [6.07, 6.45) is 1.21. The number of benzene rings is 2. The van der Waals surface area contributed by atoms with Crippen LogP contribution in [0.25, 0.3) is 0 Å². The molecular weight excluding hydrogens is 372 g/mol. The largest absolute Gasteiger partial charge is 0.353 e. The summed E-state index contributed by atoms with van der Waals surface area (Å²) >= 11 is 0. The van der Waals surface area contributed by atoms with E-state index in [1.807, 2.05) is 0 Å². The van der Waals surface area contributed by atoms with Crippen LogP contribution in [0.2, 0.25) is 0 Å². The van der Waals surface area contributed by atoms with Crippen LogP contribution >= 0.6 is 17.0 Å². The molecule has 0 bridgehead atoms. The van der Waals surface area contributed by atoms with E-state index in [4.69, 9.17) is 0 Å². The van der Waals surface area contributed by atoms with Crippen LogP contribution in [0.1, 0.15) is 39.8 Å². The fraction of sp³-hybridized carbons (Fsp3) is 0.455. The zero-order valence-electron chi connectivity index (χ0n) is 16.4. The van der Waals surface area contributed by atoms with Crippen molar-refractivity contribution in [1.29, 1.82) is 0 Å². The molecule has 0 aromatic heterocycles. The Hall–Kier alpha value is -1.48. The van der Waals surface area contributed by atoms with Gasteiger partial charge < -0.3 is 9.80 Å². The number of hydrogen-bond acceptors (Lipinski definition) is 2. The number of rotatable bonds is 2. The Morgan fingerprint density at radius 2 is 0.920 bits per heavy atom. The second-order valence-electron chi connectivity index (χ2n) is 7.52. The van der Waals surface area contributed by atoms with E-state index < -0.39 is 0 Å². The van der Waals surface area contributed by atoms with Gasteiger partial charge in [-0.3, -0.25) is 0 Å². The summed E-state index contributed by atoms with van der Waals surface area (Å²) in [6, 6.07) is 9.24. The number of hydrogen-bond donors (Lipinski definition) is 0. The van der Waals surface area contributed by atoms with Crippen molar-refractivity contribution in [2.24, 2.45) is 0 Å². The van der Waals surface area contributed by atoms with Gasteiger partial charge in [-0.1, -0.05) is 35.4 Å². The monoisotopic (exact) mass is 402 g/mol. The van der Waals surface area contributed by atoms with E-state index in [0.29, 0.717) is 0 Å². The number of halogens is 1. The van der Waals surface area contributed by atoms with Crippen LogP contribution in [0.15, 0.2) is 24.3 Å². The van der Waals surface area contributed by atoms with Gasteiger partial charge in [0.2, 0.25) is 0 Å². The normalized spacial score (nSPS) is 14.5. The first-order valence-corrected chi connectivity index (χ1v) is 9.02. The SMILES string of the molecule is Br.Cc1cc(C)c(N2CCCN(c3c(C)cc(C)cc3C)C2)c(C)c1. The first kappa shape index (κ1) is 19.8. The third-order valence-electron chi connectivity index (χ3n) is 5.10. The predicted octanol–water partition coefficient (Wildman–Crippen LogP) is 5.79. The molecule has 2 nitrogen and oxygen atoms in total. The van der Waals surface area contributed by atoms with Crippen LogP contribution in [0.3, 0.4) is 0 Å². The molecule has 136 valence electrons. The summed E-state index contributed by atoms with van der Waals surface area (Å²) in [4.78, 5) is 5.12. The van der Waals surface area contributed by atoms with E-state index in [9.17, 15) is 0 Å². The minimum Gasteiger partial charge on any atom is -0.353 e. The van der Waals surface area contributed by atoms with E-state index in [2.05, 4.69) is 75.6 Å². The van der Waals surface area contributed by atoms with Gasteiger partial charge in [0.1, 0.15) is 0 Å². The second-order valence-corrected chi connectivity index (χ2v) is 7.52. The van der Waals surface area contributed by atoms with Gasteiger partial charge in [-0.2, -0.15) is 0 Å². The zero-order valence-corrected chi connectivity index (χ0v) is 18.2. The highest BCUT2D eigenvalue weighted by atomic mass is 79.9. The first-order chi connectivity index (χ1) is 11.4. The van der Waals surface area contributed by atoms with Crippen molar-refractivity contribution in [3.05, 3.63) is 57.6 Å². The molecule has 1 fully saturated rings. The van der Waals surface area contributed by atoms with E-state index >= 15 is 0 Å². The molecule has 0 N–H and O–H groups in total. The summed E-state index contributed by atoms with van der Waals surface area (Å²) in [5, 5.41) is 0. The topological polar surface area (TPSA) is 6.48 Å². The summed E-state index contributed by atoms with van der Waals surface area (Å²) in [7, 11) is 0. The van der Waals surface area contributed by atoms with Crippen molar-refractivity contribution >= 4 is 28.4 Å². The van der Waals surface area contributed by atoms with Crippen LogP contribution in [0, 0.1) is 41.5 Å². The number of nitrogens with zero attached hydrogens (tertiary/aromatic N) is 2. The lowest BCUT2D eigenvalue weighted by Gasteiger charge is -2.41. The van der Waals surface area contributed by atoms with Crippen molar-refractivity contribution in [3.63, 3.8) is 0 Å². The van der Waals surface area contributed by atoms with Gasteiger partial charge in [-0.15, -0.1) is 17.0 Å². The molecule has 0 saturated carbocycles. The molecule has 0 atom stereocenters. The Labute approximate surface area is 163 Å². The van der Waals surface area contributed by atoms with Crippen LogP contribution in [0.5, 0.6) is 0 Å². The molecule has 1 aliphatic heterocycles. The van der Waals surface area contributed by atoms with E-state index in [0.717, 1.165) is 19.8 Å². The highest BCUT2D eigenvalue weighted by Gasteiger charge is 2.22. The van der Waals surface area contributed by atoms with E-state index in [-0.39, 0.29) is 17.0 Å². The van der Waals surface area contributed by atoms with Gasteiger partial charge in [-0.05, 0) is 70.2 Å². The summed E-state index contributed by atoms with van der Waals surface area (Å²) in [5.41, 5.74) is 11.1. The van der Waals surface area contributed by atoms with Crippen molar-refractivity contribution in [3.8, 4) is 0 Å². The molecule has 1 saturated heterocycles. The average molecular weight is 403 g/mol. The Balaban J connectivity index is 0.00000225. The quantitative estimate of drug-likeness (QED) is 0.626. The maximum absolute atomic E-state index is 2.56. The highest BCUT2D eigenvalue weighted by Crippen LogP contribution is 2.32. The van der Waals surface area contributed by atoms with Gasteiger partial charge >= 0.3 is 0 Å². The molecule has 2 aromatic rings. The predicted molar refractivity (Wildman–Crippen MR) is 116 cm³/mol. The Bertz CT molecular complexity index is 657. The van der Waals surface area contributed by atoms with Crippen molar-refractivity contribution in [2.75, 3.05) is 29.6 Å². The third kappa shape index (κ3) is 4.03. The molecule has 1 aliphatic rings. The summed E-state index contributed by atoms with van der Waals surface area (Å²) < 4.78 is 0. The standard InChI is InChI=1S/C22H30N2.BrH/c1-15-10-17(3)21(18(4)11-15)23-8-7-9-24(14-23)22-19(5)12-16(2)13-20(22)6;/h10-13H,7-9,14H2,1-6H3;1H. The molecule has 0 unspecified atom stereocenters. The molecule has 3 rings (SSSR count). The molecule has 0 aliphatic carbocycles. The highest BCUT2D eigenvalue weighted by molar-refractivity contribution is 8.93. The minimum absolute atomic E-state index is 0. The van der Waals surface area contributed by atoms with Gasteiger partial charge in [0, 0.05) is 24.5 Å². The maximum atomic E-state index is 2.56. The second kappa shape index (κ2) is 7.82. The molecule has 0 amide bonds. The summed E-state index contributed by atoms with van der Waals surface area (Å²) in [6.45, 7) is 16.6. The lowest BCUT2D eigenvalue weighted by molar-refractivity contribution is 0.611. The molecule has 2 aromatic carbocycles. The number of anilines is 2. The average Bonchev–Trinajstić information content (AvgIpc) is 2.45. The van der Waals surface area contributed by atoms with E-state index in [1.165, 1.54) is 51.2 Å².